The van der Waals surface area contributed by atoms with Crippen molar-refractivity contribution in [3.63, 3.8) is 0 Å². The Morgan fingerprint density at radius 2 is 2.00 bits per heavy atom. The third kappa shape index (κ3) is 3.53. The van der Waals surface area contributed by atoms with Crippen LogP contribution in [0.1, 0.15) is 62.4 Å². The molecule has 1 saturated carbocycles. The first kappa shape index (κ1) is 15.3. The zero-order chi connectivity index (χ0) is 13.8. The van der Waals surface area contributed by atoms with Gasteiger partial charge in [-0.15, -0.1) is 11.3 Å². The minimum absolute atomic E-state index is 0.467. The van der Waals surface area contributed by atoms with Crippen LogP contribution in [-0.2, 0) is 0 Å². The van der Waals surface area contributed by atoms with Crippen LogP contribution in [0.5, 0.6) is 0 Å². The van der Waals surface area contributed by atoms with E-state index in [2.05, 4.69) is 31.5 Å². The van der Waals surface area contributed by atoms with Gasteiger partial charge in [0.1, 0.15) is 0 Å². The fourth-order valence-electron chi connectivity index (χ4n) is 3.28. The predicted octanol–water partition coefficient (Wildman–Crippen LogP) is 5.58. The molecule has 0 bridgehead atoms. The molecule has 3 heteroatoms. The Balaban J connectivity index is 2.10. The van der Waals surface area contributed by atoms with E-state index in [1.165, 1.54) is 42.5 Å². The standard InChI is InChI=1S/C16H26ClNS/c1-4-12-6-8-13(9-7-12)15(18-5-2)16-14(17)11(3)10-19-16/h10,12-13,15,18H,4-9H2,1-3H3. The Morgan fingerprint density at radius 1 is 1.32 bits per heavy atom. The molecule has 0 spiro atoms. The molecule has 1 aliphatic rings. The Labute approximate surface area is 126 Å². The average molecular weight is 300 g/mol. The highest BCUT2D eigenvalue weighted by Crippen LogP contribution is 2.42. The lowest BCUT2D eigenvalue weighted by Crippen LogP contribution is -2.30. The first-order chi connectivity index (χ1) is 9.17. The van der Waals surface area contributed by atoms with Gasteiger partial charge in [0.2, 0.25) is 0 Å². The topological polar surface area (TPSA) is 12.0 Å². The Kier molecular flexibility index (Phi) is 5.73. The highest BCUT2D eigenvalue weighted by atomic mass is 35.5. The van der Waals surface area contributed by atoms with Crippen LogP contribution in [0, 0.1) is 18.8 Å². The van der Waals surface area contributed by atoms with Crippen molar-refractivity contribution in [1.29, 1.82) is 0 Å². The summed E-state index contributed by atoms with van der Waals surface area (Å²) in [5.41, 5.74) is 1.23. The second-order valence-electron chi connectivity index (χ2n) is 5.82. The summed E-state index contributed by atoms with van der Waals surface area (Å²) in [6.07, 6.45) is 6.83. The molecule has 1 atom stereocenters. The molecule has 1 nitrogen and oxygen atoms in total. The van der Waals surface area contributed by atoms with E-state index in [0.29, 0.717) is 6.04 Å². The molecule has 0 aromatic carbocycles. The minimum atomic E-state index is 0.467. The van der Waals surface area contributed by atoms with Gasteiger partial charge in [0.15, 0.2) is 0 Å². The van der Waals surface area contributed by atoms with Gasteiger partial charge < -0.3 is 5.32 Å². The van der Waals surface area contributed by atoms with Gasteiger partial charge in [0.05, 0.1) is 5.02 Å². The van der Waals surface area contributed by atoms with Crippen molar-refractivity contribution >= 4 is 22.9 Å². The lowest BCUT2D eigenvalue weighted by Gasteiger charge is -2.34. The molecule has 1 aromatic heterocycles. The first-order valence-corrected chi connectivity index (χ1v) is 8.89. The SMILES string of the molecule is CCNC(c1scc(C)c1Cl)C1CCC(CC)CC1. The van der Waals surface area contributed by atoms with Gasteiger partial charge in [0.25, 0.3) is 0 Å². The summed E-state index contributed by atoms with van der Waals surface area (Å²) in [6.45, 7) is 7.65. The summed E-state index contributed by atoms with van der Waals surface area (Å²) in [6, 6.07) is 0.467. The largest absolute Gasteiger partial charge is 0.309 e. The minimum Gasteiger partial charge on any atom is -0.309 e. The maximum Gasteiger partial charge on any atom is 0.0590 e. The maximum absolute atomic E-state index is 6.48. The molecule has 0 amide bonds. The summed E-state index contributed by atoms with van der Waals surface area (Å²) in [5, 5.41) is 6.87. The maximum atomic E-state index is 6.48. The van der Waals surface area contributed by atoms with E-state index in [1.807, 2.05) is 11.3 Å². The normalized spacial score (nSPS) is 25.5. The van der Waals surface area contributed by atoms with Crippen molar-refractivity contribution < 1.29 is 0 Å². The lowest BCUT2D eigenvalue weighted by atomic mass is 9.77. The van der Waals surface area contributed by atoms with Crippen LogP contribution >= 0.6 is 22.9 Å². The monoisotopic (exact) mass is 299 g/mol. The van der Waals surface area contributed by atoms with Gasteiger partial charge in [-0.05, 0) is 49.1 Å². The van der Waals surface area contributed by atoms with E-state index in [1.54, 1.807) is 0 Å². The second kappa shape index (κ2) is 7.10. The van der Waals surface area contributed by atoms with Gasteiger partial charge in [0, 0.05) is 10.9 Å². The van der Waals surface area contributed by atoms with Crippen LogP contribution < -0.4 is 5.32 Å². The lowest BCUT2D eigenvalue weighted by molar-refractivity contribution is 0.222. The Morgan fingerprint density at radius 3 is 2.47 bits per heavy atom. The number of rotatable bonds is 5. The van der Waals surface area contributed by atoms with Crippen molar-refractivity contribution in [2.24, 2.45) is 11.8 Å². The number of hydrogen-bond acceptors (Lipinski definition) is 2. The molecule has 1 N–H and O–H groups in total. The summed E-state index contributed by atoms with van der Waals surface area (Å²) in [7, 11) is 0. The number of thiophene rings is 1. The van der Waals surface area contributed by atoms with Crippen molar-refractivity contribution in [3.05, 3.63) is 20.8 Å². The molecule has 0 radical (unpaired) electrons. The first-order valence-electron chi connectivity index (χ1n) is 7.64. The van der Waals surface area contributed by atoms with E-state index < -0.39 is 0 Å². The Bertz CT molecular complexity index is 393. The third-order valence-electron chi connectivity index (χ3n) is 4.57. The fraction of sp³-hybridized carbons (Fsp3) is 0.750. The number of halogens is 1. The predicted molar refractivity (Wildman–Crippen MR) is 86.2 cm³/mol. The number of nitrogens with one attached hydrogen (secondary N) is 1. The zero-order valence-corrected chi connectivity index (χ0v) is 13.9. The average Bonchev–Trinajstić information content (AvgIpc) is 2.77. The molecule has 1 aromatic rings. The van der Waals surface area contributed by atoms with E-state index in [4.69, 9.17) is 11.6 Å². The van der Waals surface area contributed by atoms with E-state index in [9.17, 15) is 0 Å². The summed E-state index contributed by atoms with van der Waals surface area (Å²) in [4.78, 5) is 1.36. The summed E-state index contributed by atoms with van der Waals surface area (Å²) in [5.74, 6) is 1.72. The van der Waals surface area contributed by atoms with Gasteiger partial charge in [-0.3, -0.25) is 0 Å². The van der Waals surface area contributed by atoms with Crippen LogP contribution in [0.4, 0.5) is 0 Å². The van der Waals surface area contributed by atoms with Crippen molar-refractivity contribution in [2.45, 2.75) is 58.9 Å². The van der Waals surface area contributed by atoms with Gasteiger partial charge >= 0.3 is 0 Å². The summed E-state index contributed by atoms with van der Waals surface area (Å²) >= 11 is 8.31. The molecule has 0 saturated heterocycles. The molecule has 1 fully saturated rings. The number of hydrogen-bond donors (Lipinski definition) is 1. The van der Waals surface area contributed by atoms with Crippen molar-refractivity contribution in [1.82, 2.24) is 5.32 Å². The Hall–Kier alpha value is -0.0500. The molecular formula is C16H26ClNS. The summed E-state index contributed by atoms with van der Waals surface area (Å²) < 4.78 is 0. The second-order valence-corrected chi connectivity index (χ2v) is 7.11. The quantitative estimate of drug-likeness (QED) is 0.748. The van der Waals surface area contributed by atoms with Gasteiger partial charge in [-0.25, -0.2) is 0 Å². The van der Waals surface area contributed by atoms with E-state index in [-0.39, 0.29) is 0 Å². The van der Waals surface area contributed by atoms with Crippen LogP contribution in [0.15, 0.2) is 5.38 Å². The smallest absolute Gasteiger partial charge is 0.0590 e. The molecule has 1 heterocycles. The molecule has 0 aliphatic heterocycles. The molecule has 2 rings (SSSR count). The molecule has 1 unspecified atom stereocenters. The highest BCUT2D eigenvalue weighted by Gasteiger charge is 2.29. The molecule has 19 heavy (non-hydrogen) atoms. The van der Waals surface area contributed by atoms with Crippen LogP contribution in [-0.4, -0.2) is 6.54 Å². The molecular weight excluding hydrogens is 274 g/mol. The van der Waals surface area contributed by atoms with Crippen molar-refractivity contribution in [3.8, 4) is 0 Å². The number of aryl methyl sites for hydroxylation is 1. The van der Waals surface area contributed by atoms with Crippen LogP contribution in [0.2, 0.25) is 5.02 Å². The van der Waals surface area contributed by atoms with Gasteiger partial charge in [-0.1, -0.05) is 44.7 Å². The molecule has 108 valence electrons. The highest BCUT2D eigenvalue weighted by molar-refractivity contribution is 7.10. The molecule has 1 aliphatic carbocycles. The van der Waals surface area contributed by atoms with Crippen LogP contribution in [0.25, 0.3) is 0 Å². The van der Waals surface area contributed by atoms with Crippen molar-refractivity contribution in [2.75, 3.05) is 6.54 Å². The van der Waals surface area contributed by atoms with Gasteiger partial charge in [-0.2, -0.15) is 0 Å². The fourth-order valence-corrected chi connectivity index (χ4v) is 4.76. The zero-order valence-electron chi connectivity index (χ0n) is 12.3. The van der Waals surface area contributed by atoms with Crippen LogP contribution in [0.3, 0.4) is 0 Å². The van der Waals surface area contributed by atoms with E-state index in [0.717, 1.165) is 23.4 Å². The van der Waals surface area contributed by atoms with E-state index >= 15 is 0 Å². The third-order valence-corrected chi connectivity index (χ3v) is 6.37.